The van der Waals surface area contributed by atoms with Gasteiger partial charge in [-0.2, -0.15) is 0 Å². The molecule has 35 heavy (non-hydrogen) atoms. The largest absolute Gasteiger partial charge is 0.497 e. The van der Waals surface area contributed by atoms with Gasteiger partial charge in [0.05, 0.1) is 7.11 Å². The van der Waals surface area contributed by atoms with Crippen molar-refractivity contribution in [2.75, 3.05) is 32.9 Å². The third-order valence-corrected chi connectivity index (χ3v) is 4.67. The molecular weight excluding hydrogens is 450 g/mol. The van der Waals surface area contributed by atoms with Crippen molar-refractivity contribution < 1.29 is 33.3 Å². The van der Waals surface area contributed by atoms with Gasteiger partial charge in [0.25, 0.3) is 5.91 Å². The number of amides is 1. The maximum atomic E-state index is 12.1. The number of ether oxygens (including phenoxy) is 5. The number of rotatable bonds is 12. The minimum Gasteiger partial charge on any atom is -0.497 e. The monoisotopic (exact) mass is 477 g/mol. The summed E-state index contributed by atoms with van der Waals surface area (Å²) in [5.74, 6) is 0.579. The van der Waals surface area contributed by atoms with Crippen LogP contribution in [0.2, 0.25) is 0 Å². The van der Waals surface area contributed by atoms with Crippen LogP contribution in [0.15, 0.2) is 78.9 Å². The number of benzene rings is 3. The summed E-state index contributed by atoms with van der Waals surface area (Å²) in [5.41, 5.74) is 2.27. The molecule has 3 aromatic rings. The molecule has 0 fully saturated rings. The average Bonchev–Trinajstić information content (AvgIpc) is 2.89. The van der Waals surface area contributed by atoms with Crippen molar-refractivity contribution in [2.24, 2.45) is 0 Å². The third-order valence-electron chi connectivity index (χ3n) is 4.67. The molecule has 3 rings (SSSR count). The van der Waals surface area contributed by atoms with Crippen molar-refractivity contribution in [1.82, 2.24) is 0 Å². The Bertz CT molecular complexity index is 1130. The molecular formula is C27H27NO7. The Hall–Kier alpha value is -4.30. The van der Waals surface area contributed by atoms with Crippen LogP contribution in [0.25, 0.3) is 6.08 Å². The van der Waals surface area contributed by atoms with Crippen LogP contribution in [0.3, 0.4) is 0 Å². The lowest BCUT2D eigenvalue weighted by atomic mass is 10.2. The van der Waals surface area contributed by atoms with E-state index in [4.69, 9.17) is 23.7 Å². The van der Waals surface area contributed by atoms with Crippen LogP contribution in [0.1, 0.15) is 11.1 Å². The van der Waals surface area contributed by atoms with Gasteiger partial charge in [-0.25, -0.2) is 4.79 Å². The van der Waals surface area contributed by atoms with Crippen LogP contribution in [0.4, 0.5) is 5.69 Å². The molecule has 182 valence electrons. The van der Waals surface area contributed by atoms with E-state index in [1.54, 1.807) is 55.7 Å². The zero-order valence-electron chi connectivity index (χ0n) is 19.6. The molecule has 0 atom stereocenters. The van der Waals surface area contributed by atoms with Gasteiger partial charge in [0.1, 0.15) is 12.4 Å². The molecule has 0 radical (unpaired) electrons. The van der Waals surface area contributed by atoms with Crippen LogP contribution in [0.5, 0.6) is 17.2 Å². The van der Waals surface area contributed by atoms with E-state index in [9.17, 15) is 9.59 Å². The normalized spacial score (nSPS) is 10.6. The van der Waals surface area contributed by atoms with Crippen molar-refractivity contribution in [1.29, 1.82) is 0 Å². The molecule has 8 heteroatoms. The number of methoxy groups -OCH3 is 2. The summed E-state index contributed by atoms with van der Waals surface area (Å²) in [6.07, 6.45) is 2.80. The van der Waals surface area contributed by atoms with Crippen molar-refractivity contribution in [3.63, 3.8) is 0 Å². The van der Waals surface area contributed by atoms with Crippen LogP contribution < -0.4 is 19.5 Å². The quantitative estimate of drug-likeness (QED) is 0.234. The third kappa shape index (κ3) is 8.53. The van der Waals surface area contributed by atoms with E-state index < -0.39 is 18.5 Å². The van der Waals surface area contributed by atoms with E-state index in [2.05, 4.69) is 5.32 Å². The van der Waals surface area contributed by atoms with Gasteiger partial charge in [-0.1, -0.05) is 36.4 Å². The van der Waals surface area contributed by atoms with Crippen LogP contribution in [0, 0.1) is 0 Å². The molecule has 0 aromatic heterocycles. The Morgan fingerprint density at radius 1 is 0.886 bits per heavy atom. The van der Waals surface area contributed by atoms with Crippen molar-refractivity contribution in [3.05, 3.63) is 90.0 Å². The van der Waals surface area contributed by atoms with Crippen molar-refractivity contribution in [3.8, 4) is 17.2 Å². The highest BCUT2D eigenvalue weighted by molar-refractivity contribution is 5.94. The second kappa shape index (κ2) is 13.4. The molecule has 0 unspecified atom stereocenters. The first-order valence-corrected chi connectivity index (χ1v) is 10.8. The highest BCUT2D eigenvalue weighted by atomic mass is 16.7. The minimum atomic E-state index is -0.654. The maximum absolute atomic E-state index is 12.1. The molecule has 0 aliphatic carbocycles. The topological polar surface area (TPSA) is 92.3 Å². The van der Waals surface area contributed by atoms with Crippen LogP contribution >= 0.6 is 0 Å². The summed E-state index contributed by atoms with van der Waals surface area (Å²) in [6, 6.07) is 21.8. The smallest absolute Gasteiger partial charge is 0.331 e. The van der Waals surface area contributed by atoms with Crippen LogP contribution in [-0.4, -0.2) is 39.5 Å². The first-order chi connectivity index (χ1) is 17.1. The van der Waals surface area contributed by atoms with Gasteiger partial charge in [-0.15, -0.1) is 0 Å². The first-order valence-electron chi connectivity index (χ1n) is 10.8. The van der Waals surface area contributed by atoms with E-state index in [1.807, 2.05) is 30.3 Å². The molecule has 3 aromatic carbocycles. The van der Waals surface area contributed by atoms with E-state index in [1.165, 1.54) is 13.2 Å². The fraction of sp³-hybridized carbons (Fsp3) is 0.185. The summed E-state index contributed by atoms with van der Waals surface area (Å²) in [4.78, 5) is 24.1. The number of hydrogen-bond donors (Lipinski definition) is 1. The molecule has 0 aliphatic rings. The highest BCUT2D eigenvalue weighted by Crippen LogP contribution is 2.30. The number of carbonyl (C=O) groups is 2. The van der Waals surface area contributed by atoms with E-state index >= 15 is 0 Å². The lowest BCUT2D eigenvalue weighted by molar-refractivity contribution is -0.142. The Kier molecular flexibility index (Phi) is 9.71. The Labute approximate surface area is 204 Å². The van der Waals surface area contributed by atoms with Crippen molar-refractivity contribution >= 4 is 23.6 Å². The molecule has 0 aliphatic heterocycles. The maximum Gasteiger partial charge on any atom is 0.331 e. The van der Waals surface area contributed by atoms with E-state index in [0.717, 1.165) is 5.56 Å². The molecule has 0 heterocycles. The van der Waals surface area contributed by atoms with E-state index in [-0.39, 0.29) is 6.79 Å². The number of hydrogen-bond acceptors (Lipinski definition) is 7. The predicted octanol–water partition coefficient (Wildman–Crippen LogP) is 4.45. The van der Waals surface area contributed by atoms with Gasteiger partial charge in [0.2, 0.25) is 0 Å². The van der Waals surface area contributed by atoms with Gasteiger partial charge in [-0.3, -0.25) is 4.79 Å². The Morgan fingerprint density at radius 2 is 1.66 bits per heavy atom. The summed E-state index contributed by atoms with van der Waals surface area (Å²) in [5, 5.41) is 2.64. The number of nitrogens with one attached hydrogen (secondary N) is 1. The summed E-state index contributed by atoms with van der Waals surface area (Å²) in [7, 11) is 3.08. The minimum absolute atomic E-state index is 0.0419. The van der Waals surface area contributed by atoms with Crippen molar-refractivity contribution in [2.45, 2.75) is 6.61 Å². The number of carbonyl (C=O) groups excluding carboxylic acids is 2. The molecule has 0 saturated carbocycles. The fourth-order valence-electron chi connectivity index (χ4n) is 2.94. The Balaban J connectivity index is 1.54. The standard InChI is InChI=1S/C27H27NO7/c1-31-19-35-25-16-20(8-14-24(25)33-17-21-6-4-3-5-7-21)9-15-27(30)34-18-26(29)28-22-10-12-23(32-2)13-11-22/h3-16H,17-19H2,1-2H3,(H,28,29)/b15-9+. The molecule has 1 amide bonds. The fourth-order valence-corrected chi connectivity index (χ4v) is 2.94. The zero-order valence-corrected chi connectivity index (χ0v) is 19.6. The predicted molar refractivity (Wildman–Crippen MR) is 131 cm³/mol. The van der Waals surface area contributed by atoms with Gasteiger partial charge in [0.15, 0.2) is 24.9 Å². The summed E-state index contributed by atoms with van der Waals surface area (Å²) >= 11 is 0. The van der Waals surface area contributed by atoms with E-state index in [0.29, 0.717) is 35.1 Å². The second-order valence-corrected chi connectivity index (χ2v) is 7.25. The molecule has 0 spiro atoms. The lowest BCUT2D eigenvalue weighted by Gasteiger charge is -2.13. The molecule has 0 saturated heterocycles. The SMILES string of the molecule is COCOc1cc(/C=C/C(=O)OCC(=O)Nc2ccc(OC)cc2)ccc1OCc1ccccc1. The highest BCUT2D eigenvalue weighted by Gasteiger charge is 2.09. The zero-order chi connectivity index (χ0) is 24.9. The van der Waals surface area contributed by atoms with Crippen LogP contribution in [-0.2, 0) is 25.7 Å². The molecule has 8 nitrogen and oxygen atoms in total. The number of anilines is 1. The van der Waals surface area contributed by atoms with Gasteiger partial charge in [-0.05, 0) is 53.6 Å². The molecule has 1 N–H and O–H groups in total. The average molecular weight is 478 g/mol. The summed E-state index contributed by atoms with van der Waals surface area (Å²) < 4.78 is 26.6. The van der Waals surface area contributed by atoms with Gasteiger partial charge >= 0.3 is 5.97 Å². The Morgan fingerprint density at radius 3 is 2.37 bits per heavy atom. The van der Waals surface area contributed by atoms with Gasteiger partial charge < -0.3 is 29.0 Å². The van der Waals surface area contributed by atoms with Gasteiger partial charge in [0, 0.05) is 18.9 Å². The lowest BCUT2D eigenvalue weighted by Crippen LogP contribution is -2.20. The number of esters is 1. The summed E-state index contributed by atoms with van der Waals surface area (Å²) in [6.45, 7) is 0.00810. The second-order valence-electron chi connectivity index (χ2n) is 7.25. The first kappa shape index (κ1) is 25.3. The molecule has 0 bridgehead atoms.